The van der Waals surface area contributed by atoms with E-state index in [-0.39, 0.29) is 18.9 Å². The number of sulfonamides is 1. The summed E-state index contributed by atoms with van der Waals surface area (Å²) in [4.78, 5) is 25.8. The molecule has 0 N–H and O–H groups in total. The minimum Gasteiger partial charge on any atom is -0.408 e. The second-order valence-electron chi connectivity index (χ2n) is 5.78. The highest BCUT2D eigenvalue weighted by Crippen LogP contribution is 2.13. The lowest BCUT2D eigenvalue weighted by Gasteiger charge is -2.33. The molecule has 0 bridgehead atoms. The monoisotopic (exact) mass is 353 g/mol. The van der Waals surface area contributed by atoms with Gasteiger partial charge in [-0.1, -0.05) is 12.1 Å². The maximum Gasteiger partial charge on any atom is 0.419 e. The maximum absolute atomic E-state index is 12.3. The van der Waals surface area contributed by atoms with Gasteiger partial charge in [0.25, 0.3) is 0 Å². The Kier molecular flexibility index (Phi) is 4.46. The van der Waals surface area contributed by atoms with Crippen molar-refractivity contribution in [3.8, 4) is 0 Å². The maximum atomic E-state index is 12.3. The lowest BCUT2D eigenvalue weighted by Crippen LogP contribution is -2.50. The van der Waals surface area contributed by atoms with Crippen LogP contribution in [0.4, 0.5) is 0 Å². The molecule has 9 heteroatoms. The number of carbonyl (C=O) groups is 1. The van der Waals surface area contributed by atoms with E-state index >= 15 is 0 Å². The van der Waals surface area contributed by atoms with Gasteiger partial charge in [-0.25, -0.2) is 13.2 Å². The van der Waals surface area contributed by atoms with Crippen molar-refractivity contribution in [2.45, 2.75) is 13.0 Å². The van der Waals surface area contributed by atoms with E-state index in [0.717, 1.165) is 0 Å². The highest BCUT2D eigenvalue weighted by atomic mass is 32.2. The highest BCUT2D eigenvalue weighted by molar-refractivity contribution is 7.88. The van der Waals surface area contributed by atoms with Crippen LogP contribution in [0, 0.1) is 0 Å². The van der Waals surface area contributed by atoms with Crippen LogP contribution >= 0.6 is 0 Å². The van der Waals surface area contributed by atoms with Crippen molar-refractivity contribution in [1.82, 2.24) is 13.8 Å². The molecule has 1 fully saturated rings. The van der Waals surface area contributed by atoms with E-state index in [1.165, 1.54) is 15.1 Å². The zero-order valence-electron chi connectivity index (χ0n) is 13.3. The Morgan fingerprint density at radius 1 is 1.17 bits per heavy atom. The van der Waals surface area contributed by atoms with Gasteiger partial charge in [-0.15, -0.1) is 0 Å². The Labute approximate surface area is 139 Å². The first-order valence-electron chi connectivity index (χ1n) is 7.67. The minimum absolute atomic E-state index is 0.0969. The molecule has 2 heterocycles. The highest BCUT2D eigenvalue weighted by Gasteiger charge is 2.26. The summed E-state index contributed by atoms with van der Waals surface area (Å²) in [7, 11) is -3.22. The second-order valence-corrected chi connectivity index (χ2v) is 7.76. The number of aryl methyl sites for hydroxylation is 1. The van der Waals surface area contributed by atoms with E-state index in [2.05, 4.69) is 0 Å². The first kappa shape index (κ1) is 16.7. The Morgan fingerprint density at radius 3 is 2.50 bits per heavy atom. The van der Waals surface area contributed by atoms with Crippen molar-refractivity contribution in [2.75, 3.05) is 32.4 Å². The molecule has 1 aromatic heterocycles. The Balaban J connectivity index is 1.62. The molecule has 0 saturated carbocycles. The largest absolute Gasteiger partial charge is 0.419 e. The molecule has 1 aromatic carbocycles. The van der Waals surface area contributed by atoms with Crippen molar-refractivity contribution in [2.24, 2.45) is 0 Å². The molecule has 130 valence electrons. The molecule has 2 aromatic rings. The molecule has 8 nitrogen and oxygen atoms in total. The van der Waals surface area contributed by atoms with Gasteiger partial charge in [-0.05, 0) is 12.1 Å². The van der Waals surface area contributed by atoms with Crippen LogP contribution in [0.3, 0.4) is 0 Å². The topological polar surface area (TPSA) is 92.8 Å². The SMILES string of the molecule is CS(=O)(=O)N1CCN(C(=O)CCn2c(=O)oc3ccccc32)CC1. The number of para-hydroxylation sites is 2. The Morgan fingerprint density at radius 2 is 1.83 bits per heavy atom. The van der Waals surface area contributed by atoms with E-state index in [1.807, 2.05) is 0 Å². The zero-order chi connectivity index (χ0) is 17.3. The van der Waals surface area contributed by atoms with E-state index in [0.29, 0.717) is 37.3 Å². The van der Waals surface area contributed by atoms with Crippen molar-refractivity contribution in [1.29, 1.82) is 0 Å². The number of hydrogen-bond acceptors (Lipinski definition) is 5. The molecule has 0 spiro atoms. The fourth-order valence-electron chi connectivity index (χ4n) is 2.86. The lowest BCUT2D eigenvalue weighted by atomic mass is 10.3. The van der Waals surface area contributed by atoms with Gasteiger partial charge >= 0.3 is 5.76 Å². The van der Waals surface area contributed by atoms with Crippen molar-refractivity contribution in [3.63, 3.8) is 0 Å². The fourth-order valence-corrected chi connectivity index (χ4v) is 3.69. The van der Waals surface area contributed by atoms with Gasteiger partial charge in [0.1, 0.15) is 0 Å². The first-order chi connectivity index (χ1) is 11.4. The third-order valence-corrected chi connectivity index (χ3v) is 5.49. The average Bonchev–Trinajstić information content (AvgIpc) is 2.87. The summed E-state index contributed by atoms with van der Waals surface area (Å²) in [5.41, 5.74) is 1.16. The third-order valence-electron chi connectivity index (χ3n) is 4.18. The summed E-state index contributed by atoms with van der Waals surface area (Å²) < 4.78 is 30.9. The van der Waals surface area contributed by atoms with Gasteiger partial charge in [0.05, 0.1) is 11.8 Å². The number of rotatable bonds is 4. The van der Waals surface area contributed by atoms with Crippen LogP contribution in [0.2, 0.25) is 0 Å². The van der Waals surface area contributed by atoms with Crippen LogP contribution in [0.15, 0.2) is 33.5 Å². The Hall–Kier alpha value is -2.13. The van der Waals surface area contributed by atoms with Gasteiger partial charge in [-0.2, -0.15) is 4.31 Å². The molecule has 1 aliphatic rings. The van der Waals surface area contributed by atoms with Crippen molar-refractivity contribution >= 4 is 27.0 Å². The third kappa shape index (κ3) is 3.36. The van der Waals surface area contributed by atoms with Gasteiger partial charge in [-0.3, -0.25) is 9.36 Å². The van der Waals surface area contributed by atoms with Crippen LogP contribution < -0.4 is 5.76 Å². The molecule has 3 rings (SSSR count). The summed E-state index contributed by atoms with van der Waals surface area (Å²) in [5, 5.41) is 0. The molecule has 1 amide bonds. The van der Waals surface area contributed by atoms with Crippen molar-refractivity contribution < 1.29 is 17.6 Å². The molecule has 0 aliphatic carbocycles. The molecule has 24 heavy (non-hydrogen) atoms. The zero-order valence-corrected chi connectivity index (χ0v) is 14.2. The number of amides is 1. The number of hydrogen-bond donors (Lipinski definition) is 0. The average molecular weight is 353 g/mol. The molecular weight excluding hydrogens is 334 g/mol. The lowest BCUT2D eigenvalue weighted by molar-refractivity contribution is -0.132. The quantitative estimate of drug-likeness (QED) is 0.777. The van der Waals surface area contributed by atoms with Crippen LogP contribution in [-0.4, -0.2) is 60.5 Å². The number of benzene rings is 1. The van der Waals surface area contributed by atoms with E-state index in [9.17, 15) is 18.0 Å². The summed E-state index contributed by atoms with van der Waals surface area (Å²) in [5.74, 6) is -0.578. The van der Waals surface area contributed by atoms with Gasteiger partial charge in [0.15, 0.2) is 5.58 Å². The summed E-state index contributed by atoms with van der Waals surface area (Å²) >= 11 is 0. The standard InChI is InChI=1S/C15H19N3O5S/c1-24(21,22)17-10-8-16(9-11-17)14(19)6-7-18-12-4-2-3-5-13(12)23-15(18)20/h2-5H,6-11H2,1H3. The number of piperazine rings is 1. The first-order valence-corrected chi connectivity index (χ1v) is 9.52. The second kappa shape index (κ2) is 6.40. The molecule has 1 aliphatic heterocycles. The summed E-state index contributed by atoms with van der Waals surface area (Å²) in [6, 6.07) is 7.07. The molecule has 0 radical (unpaired) electrons. The summed E-state index contributed by atoms with van der Waals surface area (Å²) in [6.07, 6.45) is 1.34. The van der Waals surface area contributed by atoms with Gasteiger partial charge in [0.2, 0.25) is 15.9 Å². The normalized spacial score (nSPS) is 16.6. The molecule has 0 atom stereocenters. The smallest absolute Gasteiger partial charge is 0.408 e. The number of oxazole rings is 1. The molecule has 0 unspecified atom stereocenters. The van der Waals surface area contributed by atoms with Gasteiger partial charge in [0, 0.05) is 39.1 Å². The molecule has 1 saturated heterocycles. The minimum atomic E-state index is -3.22. The van der Waals surface area contributed by atoms with E-state index in [4.69, 9.17) is 4.42 Å². The number of aromatic nitrogens is 1. The van der Waals surface area contributed by atoms with Crippen LogP contribution in [0.5, 0.6) is 0 Å². The predicted octanol–water partition coefficient (Wildman–Crippen LogP) is 0.0884. The summed E-state index contributed by atoms with van der Waals surface area (Å²) in [6.45, 7) is 1.58. The van der Waals surface area contributed by atoms with Crippen LogP contribution in [0.25, 0.3) is 11.1 Å². The number of carbonyl (C=O) groups excluding carboxylic acids is 1. The fraction of sp³-hybridized carbons (Fsp3) is 0.467. The predicted molar refractivity (Wildman–Crippen MR) is 88.1 cm³/mol. The Bertz CT molecular complexity index is 907. The van der Waals surface area contributed by atoms with E-state index < -0.39 is 15.8 Å². The van der Waals surface area contributed by atoms with E-state index in [1.54, 1.807) is 29.2 Å². The van der Waals surface area contributed by atoms with Gasteiger partial charge < -0.3 is 9.32 Å². The van der Waals surface area contributed by atoms with Crippen LogP contribution in [-0.2, 0) is 21.4 Å². The van der Waals surface area contributed by atoms with Crippen LogP contribution in [0.1, 0.15) is 6.42 Å². The van der Waals surface area contributed by atoms with Crippen molar-refractivity contribution in [3.05, 3.63) is 34.8 Å². The number of fused-ring (bicyclic) bond motifs is 1. The number of nitrogens with zero attached hydrogens (tertiary/aromatic N) is 3. The molecular formula is C15H19N3O5S.